The summed E-state index contributed by atoms with van der Waals surface area (Å²) >= 11 is 0. The Morgan fingerprint density at radius 1 is 1.28 bits per heavy atom. The number of amides is 2. The van der Waals surface area contributed by atoms with Gasteiger partial charge in [-0.25, -0.2) is 4.79 Å². The Labute approximate surface area is 184 Å². The molecule has 0 bridgehead atoms. The van der Waals surface area contributed by atoms with Crippen molar-refractivity contribution < 1.29 is 14.3 Å². The highest BCUT2D eigenvalue weighted by molar-refractivity contribution is 6.00. The molecule has 10 nitrogen and oxygen atoms in total. The van der Waals surface area contributed by atoms with E-state index in [-0.39, 0.29) is 29.7 Å². The van der Waals surface area contributed by atoms with Crippen molar-refractivity contribution in [3.8, 4) is 0 Å². The lowest BCUT2D eigenvalue weighted by Crippen LogP contribution is -2.37. The Bertz CT molecular complexity index is 1220. The van der Waals surface area contributed by atoms with Crippen molar-refractivity contribution in [3.05, 3.63) is 36.2 Å². The van der Waals surface area contributed by atoms with Crippen LogP contribution in [0.2, 0.25) is 0 Å². The number of aryl methyl sites for hydroxylation is 1. The van der Waals surface area contributed by atoms with Crippen LogP contribution in [0.5, 0.6) is 0 Å². The highest BCUT2D eigenvalue weighted by atomic mass is 16.6. The van der Waals surface area contributed by atoms with Gasteiger partial charge in [0.05, 0.1) is 23.6 Å². The predicted molar refractivity (Wildman–Crippen MR) is 119 cm³/mol. The number of nitrogens with one attached hydrogen (secondary N) is 1. The Morgan fingerprint density at radius 2 is 2.09 bits per heavy atom. The molecule has 2 fully saturated rings. The average Bonchev–Trinajstić information content (AvgIpc) is 3.28. The summed E-state index contributed by atoms with van der Waals surface area (Å²) in [6.07, 6.45) is 4.12. The van der Waals surface area contributed by atoms with Crippen LogP contribution in [0.15, 0.2) is 30.6 Å². The number of nitrogens with two attached hydrogens (primary N) is 1. The van der Waals surface area contributed by atoms with Crippen LogP contribution in [-0.2, 0) is 16.6 Å². The van der Waals surface area contributed by atoms with Crippen LogP contribution < -0.4 is 16.0 Å². The first-order valence-corrected chi connectivity index (χ1v) is 10.6. The monoisotopic (exact) mass is 435 g/mol. The third-order valence-corrected chi connectivity index (χ3v) is 6.19. The van der Waals surface area contributed by atoms with E-state index in [4.69, 9.17) is 10.5 Å². The van der Waals surface area contributed by atoms with Gasteiger partial charge in [-0.1, -0.05) is 13.8 Å². The second-order valence-corrected chi connectivity index (χ2v) is 8.85. The molecule has 2 aliphatic rings. The quantitative estimate of drug-likeness (QED) is 0.590. The molecule has 1 aromatic carbocycles. The second-order valence-electron chi connectivity index (χ2n) is 8.85. The van der Waals surface area contributed by atoms with E-state index in [1.807, 2.05) is 33.2 Å². The van der Waals surface area contributed by atoms with Crippen molar-refractivity contribution in [3.63, 3.8) is 0 Å². The first-order chi connectivity index (χ1) is 15.3. The van der Waals surface area contributed by atoms with E-state index in [1.165, 1.54) is 0 Å². The number of rotatable bonds is 5. The van der Waals surface area contributed by atoms with Crippen molar-refractivity contribution >= 4 is 40.1 Å². The van der Waals surface area contributed by atoms with E-state index in [0.29, 0.717) is 34.7 Å². The number of hydrogen-bond donors (Lipinski definition) is 2. The molecule has 5 rings (SSSR count). The molecule has 0 radical (unpaired) electrons. The van der Waals surface area contributed by atoms with E-state index >= 15 is 0 Å². The van der Waals surface area contributed by atoms with Gasteiger partial charge in [-0.3, -0.25) is 14.4 Å². The third-order valence-electron chi connectivity index (χ3n) is 6.19. The number of fused-ring (bicyclic) bond motifs is 1. The Balaban J connectivity index is 1.39. The molecular formula is C22H25N7O3. The van der Waals surface area contributed by atoms with Gasteiger partial charge in [0.15, 0.2) is 5.82 Å². The zero-order valence-corrected chi connectivity index (χ0v) is 18.1. The summed E-state index contributed by atoms with van der Waals surface area (Å²) in [6, 6.07) is 5.19. The highest BCUT2D eigenvalue weighted by Crippen LogP contribution is 2.47. The van der Waals surface area contributed by atoms with Gasteiger partial charge in [-0.15, -0.1) is 10.2 Å². The molecule has 3 aromatic rings. The SMILES string of the molecule is CC(C)[C@H]1COC(=O)N1c1cc(N)c2nnc(NC(=O)[C@H]3C[C@@H]3c3cnn(C)c3)cc2c1. The number of nitrogens with zero attached hydrogens (tertiary/aromatic N) is 5. The highest BCUT2D eigenvalue weighted by Gasteiger charge is 2.44. The molecule has 1 aliphatic heterocycles. The minimum Gasteiger partial charge on any atom is -0.447 e. The number of anilines is 3. The van der Waals surface area contributed by atoms with Gasteiger partial charge in [-0.05, 0) is 42.0 Å². The number of hydrogen-bond acceptors (Lipinski definition) is 7. The number of carbonyl (C=O) groups excluding carboxylic acids is 2. The van der Waals surface area contributed by atoms with Crippen LogP contribution in [-0.4, -0.2) is 44.6 Å². The third kappa shape index (κ3) is 3.51. The van der Waals surface area contributed by atoms with E-state index in [0.717, 1.165) is 12.0 Å². The molecule has 3 atom stereocenters. The molecule has 3 heterocycles. The maximum atomic E-state index is 12.7. The van der Waals surface area contributed by atoms with Crippen molar-refractivity contribution in [2.75, 3.05) is 22.6 Å². The van der Waals surface area contributed by atoms with E-state index in [9.17, 15) is 9.59 Å². The molecule has 3 N–H and O–H groups in total. The zero-order chi connectivity index (χ0) is 22.6. The van der Waals surface area contributed by atoms with Gasteiger partial charge in [0.2, 0.25) is 5.91 Å². The molecule has 0 unspecified atom stereocenters. The fourth-order valence-electron chi connectivity index (χ4n) is 4.30. The van der Waals surface area contributed by atoms with Gasteiger partial charge in [0, 0.05) is 24.5 Å². The van der Waals surface area contributed by atoms with Crippen LogP contribution in [0, 0.1) is 11.8 Å². The molecule has 1 saturated heterocycles. The first-order valence-electron chi connectivity index (χ1n) is 10.6. The fourth-order valence-corrected chi connectivity index (χ4v) is 4.30. The van der Waals surface area contributed by atoms with Gasteiger partial charge in [-0.2, -0.15) is 5.10 Å². The lowest BCUT2D eigenvalue weighted by molar-refractivity contribution is -0.117. The maximum Gasteiger partial charge on any atom is 0.414 e. The minimum absolute atomic E-state index is 0.0763. The van der Waals surface area contributed by atoms with Crippen LogP contribution >= 0.6 is 0 Å². The number of nitrogen functional groups attached to an aromatic ring is 1. The number of benzene rings is 1. The molecule has 166 valence electrons. The van der Waals surface area contributed by atoms with E-state index in [1.54, 1.807) is 27.9 Å². The Hall–Kier alpha value is -3.69. The van der Waals surface area contributed by atoms with Gasteiger partial charge in [0.1, 0.15) is 12.1 Å². The van der Waals surface area contributed by atoms with Crippen molar-refractivity contribution in [1.29, 1.82) is 0 Å². The van der Waals surface area contributed by atoms with E-state index < -0.39 is 6.09 Å². The van der Waals surface area contributed by atoms with Crippen molar-refractivity contribution in [2.24, 2.45) is 18.9 Å². The Morgan fingerprint density at radius 3 is 2.81 bits per heavy atom. The predicted octanol–water partition coefficient (Wildman–Crippen LogP) is 2.67. The van der Waals surface area contributed by atoms with Crippen molar-refractivity contribution in [1.82, 2.24) is 20.0 Å². The summed E-state index contributed by atoms with van der Waals surface area (Å²) in [6.45, 7) is 4.42. The molecular weight excluding hydrogens is 410 g/mol. The Kier molecular flexibility index (Phi) is 4.72. The molecule has 2 aromatic heterocycles. The number of carbonyl (C=O) groups is 2. The molecule has 1 saturated carbocycles. The topological polar surface area (TPSA) is 128 Å². The number of cyclic esters (lactones) is 1. The molecule has 10 heteroatoms. The number of aromatic nitrogens is 4. The summed E-state index contributed by atoms with van der Waals surface area (Å²) in [5.41, 5.74) is 8.83. The largest absolute Gasteiger partial charge is 0.447 e. The molecule has 32 heavy (non-hydrogen) atoms. The van der Waals surface area contributed by atoms with Gasteiger partial charge >= 0.3 is 6.09 Å². The molecule has 2 amide bonds. The average molecular weight is 435 g/mol. The van der Waals surface area contributed by atoms with Crippen molar-refractivity contribution in [2.45, 2.75) is 32.2 Å². The van der Waals surface area contributed by atoms with Crippen LogP contribution in [0.25, 0.3) is 10.9 Å². The summed E-state index contributed by atoms with van der Waals surface area (Å²) < 4.78 is 6.99. The molecule has 0 spiro atoms. The maximum absolute atomic E-state index is 12.7. The fraction of sp³-hybridized carbons (Fsp3) is 0.409. The summed E-state index contributed by atoms with van der Waals surface area (Å²) in [5.74, 6) is 0.530. The lowest BCUT2D eigenvalue weighted by atomic mass is 10.0. The standard InChI is InChI=1S/C22H25N7O3/c1-11(2)18-10-32-22(31)29(18)14-4-12-5-19(26-27-20(12)17(23)6-14)25-21(30)16-7-15(16)13-8-24-28(3)9-13/h4-6,8-9,11,15-16,18H,7,10,23H2,1-3H3,(H,25,26,30)/t15-,16+,18-/m1/s1. The van der Waals surface area contributed by atoms with Gasteiger partial charge < -0.3 is 15.8 Å². The second kappa shape index (κ2) is 7.47. The number of ether oxygens (including phenoxy) is 1. The first kappa shape index (κ1) is 20.2. The smallest absolute Gasteiger partial charge is 0.414 e. The van der Waals surface area contributed by atoms with E-state index in [2.05, 4.69) is 20.6 Å². The minimum atomic E-state index is -0.395. The van der Waals surface area contributed by atoms with Crippen LogP contribution in [0.3, 0.4) is 0 Å². The summed E-state index contributed by atoms with van der Waals surface area (Å²) in [4.78, 5) is 26.7. The van der Waals surface area contributed by atoms with Crippen LogP contribution in [0.4, 0.5) is 22.0 Å². The lowest BCUT2D eigenvalue weighted by Gasteiger charge is -2.25. The molecule has 1 aliphatic carbocycles. The van der Waals surface area contributed by atoms with Crippen LogP contribution in [0.1, 0.15) is 31.7 Å². The van der Waals surface area contributed by atoms with Gasteiger partial charge in [0.25, 0.3) is 0 Å². The normalized spacial score (nSPS) is 22.4. The summed E-state index contributed by atoms with van der Waals surface area (Å²) in [7, 11) is 1.86. The zero-order valence-electron chi connectivity index (χ0n) is 18.1. The summed E-state index contributed by atoms with van der Waals surface area (Å²) in [5, 5.41) is 16.0.